The zero-order chi connectivity index (χ0) is 27.0. The molecule has 0 N–H and O–H groups in total. The molecule has 1 unspecified atom stereocenters. The summed E-state index contributed by atoms with van der Waals surface area (Å²) in [5.74, 6) is 0.0890. The van der Waals surface area contributed by atoms with Gasteiger partial charge in [0.1, 0.15) is 0 Å². The number of alkyl halides is 6. The van der Waals surface area contributed by atoms with Crippen LogP contribution in [-0.4, -0.2) is 97.5 Å². The van der Waals surface area contributed by atoms with Crippen LogP contribution in [0, 0.1) is 5.41 Å². The zero-order valence-corrected chi connectivity index (χ0v) is 20.4. The summed E-state index contributed by atoms with van der Waals surface area (Å²) >= 11 is 0. The average molecular weight is 537 g/mol. The van der Waals surface area contributed by atoms with Gasteiger partial charge in [-0.25, -0.2) is 4.79 Å². The Hall–Kier alpha value is -2.70. The standard InChI is InChI=1S/C24H30F6N4O3/c1-17(35)33-8-6-22(15-33)7-9-34(16-22)19-5-3-2-4-18(19)14-31-10-12-32(13-11-31)21(36)37-20(23(25,26)27)24(28,29)30/h2-5,20H,6-16H2,1H3. The number of hydrogen-bond donors (Lipinski definition) is 0. The highest BCUT2D eigenvalue weighted by Gasteiger charge is 2.60. The minimum absolute atomic E-state index is 0.0445. The Morgan fingerprint density at radius 2 is 1.51 bits per heavy atom. The molecule has 3 heterocycles. The predicted molar refractivity (Wildman–Crippen MR) is 122 cm³/mol. The van der Waals surface area contributed by atoms with Gasteiger partial charge in [-0.3, -0.25) is 9.69 Å². The molecule has 0 saturated carbocycles. The number of benzene rings is 1. The van der Waals surface area contributed by atoms with Crippen LogP contribution in [0.4, 0.5) is 36.8 Å². The van der Waals surface area contributed by atoms with Gasteiger partial charge < -0.3 is 19.4 Å². The number of nitrogens with zero attached hydrogens (tertiary/aromatic N) is 4. The summed E-state index contributed by atoms with van der Waals surface area (Å²) < 4.78 is 80.1. The van der Waals surface area contributed by atoms with Gasteiger partial charge in [0.15, 0.2) is 0 Å². The second-order valence-corrected chi connectivity index (χ2v) is 10.1. The van der Waals surface area contributed by atoms with E-state index in [2.05, 4.69) is 9.64 Å². The van der Waals surface area contributed by atoms with Gasteiger partial charge >= 0.3 is 18.4 Å². The van der Waals surface area contributed by atoms with Crippen molar-refractivity contribution in [2.24, 2.45) is 5.41 Å². The van der Waals surface area contributed by atoms with Crippen molar-refractivity contribution in [3.63, 3.8) is 0 Å². The summed E-state index contributed by atoms with van der Waals surface area (Å²) in [6.45, 7) is 5.81. The Balaban J connectivity index is 1.33. The van der Waals surface area contributed by atoms with E-state index in [9.17, 15) is 35.9 Å². The van der Waals surface area contributed by atoms with E-state index in [4.69, 9.17) is 0 Å². The van der Waals surface area contributed by atoms with E-state index in [0.29, 0.717) is 6.54 Å². The summed E-state index contributed by atoms with van der Waals surface area (Å²) in [6, 6.07) is 7.90. The van der Waals surface area contributed by atoms with E-state index < -0.39 is 24.5 Å². The maximum Gasteiger partial charge on any atom is 0.434 e. The number of hydrogen-bond acceptors (Lipinski definition) is 5. The van der Waals surface area contributed by atoms with E-state index >= 15 is 0 Å². The van der Waals surface area contributed by atoms with E-state index in [1.807, 2.05) is 34.1 Å². The lowest BCUT2D eigenvalue weighted by Gasteiger charge is -2.36. The van der Waals surface area contributed by atoms with Gasteiger partial charge in [0.2, 0.25) is 5.91 Å². The number of likely N-dealkylation sites (tertiary alicyclic amines) is 1. The van der Waals surface area contributed by atoms with Gasteiger partial charge in [0.05, 0.1) is 0 Å². The summed E-state index contributed by atoms with van der Waals surface area (Å²) in [5.41, 5.74) is 2.20. The normalized spacial score (nSPS) is 23.4. The number of amides is 2. The second-order valence-electron chi connectivity index (χ2n) is 10.1. The fourth-order valence-corrected chi connectivity index (χ4v) is 5.45. The lowest BCUT2D eigenvalue weighted by atomic mass is 9.86. The first-order chi connectivity index (χ1) is 17.3. The largest absolute Gasteiger partial charge is 0.434 e. The number of anilines is 1. The third-order valence-corrected chi connectivity index (χ3v) is 7.49. The summed E-state index contributed by atoms with van der Waals surface area (Å²) in [4.78, 5) is 30.9. The second kappa shape index (κ2) is 10.2. The van der Waals surface area contributed by atoms with Gasteiger partial charge in [-0.05, 0) is 24.5 Å². The highest BCUT2D eigenvalue weighted by atomic mass is 19.4. The SMILES string of the molecule is CC(=O)N1CCC2(CCN(c3ccccc3CN3CCN(C(=O)OC(C(F)(F)F)C(F)(F)F)CC3)C2)C1. The number of ether oxygens (including phenoxy) is 1. The molecule has 37 heavy (non-hydrogen) atoms. The predicted octanol–water partition coefficient (Wildman–Crippen LogP) is 3.88. The maximum atomic E-state index is 12.7. The van der Waals surface area contributed by atoms with E-state index in [1.54, 1.807) is 6.92 Å². The molecule has 1 atom stereocenters. The summed E-state index contributed by atoms with van der Waals surface area (Å²) in [7, 11) is 0. The number of carbonyl (C=O) groups is 2. The minimum Gasteiger partial charge on any atom is -0.426 e. The smallest absolute Gasteiger partial charge is 0.426 e. The van der Waals surface area contributed by atoms with Crippen molar-refractivity contribution < 1.29 is 40.7 Å². The van der Waals surface area contributed by atoms with Crippen molar-refractivity contribution in [2.45, 2.75) is 44.8 Å². The first-order valence-corrected chi connectivity index (χ1v) is 12.2. The van der Waals surface area contributed by atoms with Gasteiger partial charge in [0, 0.05) is 76.9 Å². The fraction of sp³-hybridized carbons (Fsp3) is 0.667. The van der Waals surface area contributed by atoms with Crippen molar-refractivity contribution in [3.8, 4) is 0 Å². The highest BCUT2D eigenvalue weighted by molar-refractivity contribution is 5.73. The molecule has 4 rings (SSSR count). The average Bonchev–Trinajstić information content (AvgIpc) is 3.43. The van der Waals surface area contributed by atoms with Crippen LogP contribution in [0.15, 0.2) is 24.3 Å². The lowest BCUT2D eigenvalue weighted by Crippen LogP contribution is -2.52. The fourth-order valence-electron chi connectivity index (χ4n) is 5.45. The molecule has 7 nitrogen and oxygen atoms in total. The molecule has 13 heteroatoms. The molecule has 1 spiro atoms. The number of halogens is 6. The van der Waals surface area contributed by atoms with Crippen molar-refractivity contribution in [2.75, 3.05) is 57.3 Å². The van der Waals surface area contributed by atoms with Crippen molar-refractivity contribution in [3.05, 3.63) is 29.8 Å². The molecule has 1 aromatic rings. The van der Waals surface area contributed by atoms with Crippen LogP contribution in [0.1, 0.15) is 25.3 Å². The van der Waals surface area contributed by atoms with Crippen LogP contribution in [-0.2, 0) is 16.1 Å². The third-order valence-electron chi connectivity index (χ3n) is 7.49. The Morgan fingerprint density at radius 1 is 0.892 bits per heavy atom. The molecule has 206 valence electrons. The zero-order valence-electron chi connectivity index (χ0n) is 20.4. The van der Waals surface area contributed by atoms with Crippen LogP contribution in [0.3, 0.4) is 0 Å². The molecule has 0 aromatic heterocycles. The summed E-state index contributed by atoms with van der Waals surface area (Å²) in [6.07, 6.45) is -15.3. The van der Waals surface area contributed by atoms with Crippen LogP contribution in [0.5, 0.6) is 0 Å². The Bertz CT molecular complexity index is 981. The minimum atomic E-state index is -5.74. The molecular formula is C24H30F6N4O3. The topological polar surface area (TPSA) is 56.3 Å². The van der Waals surface area contributed by atoms with E-state index in [0.717, 1.165) is 55.2 Å². The van der Waals surface area contributed by atoms with Crippen LogP contribution >= 0.6 is 0 Å². The van der Waals surface area contributed by atoms with Crippen molar-refractivity contribution in [1.82, 2.24) is 14.7 Å². The maximum absolute atomic E-state index is 12.7. The Morgan fingerprint density at radius 3 is 2.11 bits per heavy atom. The number of piperazine rings is 1. The summed E-state index contributed by atoms with van der Waals surface area (Å²) in [5, 5.41) is 0. The van der Waals surface area contributed by atoms with Gasteiger partial charge in [-0.2, -0.15) is 26.3 Å². The van der Waals surface area contributed by atoms with Crippen LogP contribution in [0.2, 0.25) is 0 Å². The van der Waals surface area contributed by atoms with Gasteiger partial charge in [-0.15, -0.1) is 0 Å². The molecule has 2 amide bonds. The molecule has 3 aliphatic heterocycles. The Labute approximate surface area is 210 Å². The number of rotatable bonds is 4. The number of para-hydroxylation sites is 1. The first-order valence-electron chi connectivity index (χ1n) is 12.2. The van der Waals surface area contributed by atoms with Gasteiger partial charge in [0.25, 0.3) is 6.10 Å². The molecule has 3 saturated heterocycles. The monoisotopic (exact) mass is 536 g/mol. The molecule has 1 aromatic carbocycles. The highest BCUT2D eigenvalue weighted by Crippen LogP contribution is 2.42. The molecule has 0 radical (unpaired) electrons. The van der Waals surface area contributed by atoms with E-state index in [1.165, 1.54) is 0 Å². The Kier molecular flexibility index (Phi) is 7.55. The molecule has 0 aliphatic carbocycles. The van der Waals surface area contributed by atoms with Gasteiger partial charge in [-0.1, -0.05) is 18.2 Å². The van der Waals surface area contributed by atoms with Crippen molar-refractivity contribution >= 4 is 17.7 Å². The van der Waals surface area contributed by atoms with Crippen molar-refractivity contribution in [1.29, 1.82) is 0 Å². The molecule has 3 fully saturated rings. The number of carbonyl (C=O) groups excluding carboxylic acids is 2. The quantitative estimate of drug-likeness (QED) is 0.547. The van der Waals surface area contributed by atoms with E-state index in [-0.39, 0.29) is 37.5 Å². The molecule has 0 bridgehead atoms. The first kappa shape index (κ1) is 27.3. The van der Waals surface area contributed by atoms with Crippen LogP contribution < -0.4 is 4.90 Å². The van der Waals surface area contributed by atoms with Crippen LogP contribution in [0.25, 0.3) is 0 Å². The third kappa shape index (κ3) is 6.24. The molecular weight excluding hydrogens is 506 g/mol. The molecule has 3 aliphatic rings. The lowest BCUT2D eigenvalue weighted by molar-refractivity contribution is -0.308.